The molecule has 0 aliphatic heterocycles. The maximum absolute atomic E-state index is 12.4. The van der Waals surface area contributed by atoms with E-state index < -0.39 is 23.0 Å². The van der Waals surface area contributed by atoms with E-state index in [0.717, 1.165) is 5.56 Å². The summed E-state index contributed by atoms with van der Waals surface area (Å²) in [5, 5.41) is 17.5. The average molecular weight is 529 g/mol. The largest absolute Gasteiger partial charge is 0.455 e. The van der Waals surface area contributed by atoms with Gasteiger partial charge in [0, 0.05) is 22.2 Å². The van der Waals surface area contributed by atoms with Gasteiger partial charge in [-0.2, -0.15) is 5.10 Å². The second kappa shape index (κ2) is 11.8. The fourth-order valence-corrected chi connectivity index (χ4v) is 3.60. The fraction of sp³-hybridized carbons (Fsp3) is 0.174. The Balaban J connectivity index is 1.62. The van der Waals surface area contributed by atoms with Crippen molar-refractivity contribution in [1.82, 2.24) is 10.7 Å². The second-order valence-corrected chi connectivity index (χ2v) is 7.80. The first-order valence-electron chi connectivity index (χ1n) is 10.2. The maximum Gasteiger partial charge on any atom is 0.407 e. The molecule has 0 fully saturated rings. The van der Waals surface area contributed by atoms with Gasteiger partial charge in [-0.05, 0) is 46.6 Å². The molecule has 0 unspecified atom stereocenters. The van der Waals surface area contributed by atoms with Gasteiger partial charge in [0.25, 0.3) is 5.69 Å². The van der Waals surface area contributed by atoms with Crippen LogP contribution in [0.5, 0.6) is 0 Å². The standard InChI is InChI=1S/C23H21BrN4O6/c1-2-33-23(30)26-20(15-6-4-3-5-7-15)13-22(29)27-25-14-17-9-11-21(34-17)18-10-8-16(28(31)32)12-19(18)24/h3-12,14,20H,2,13H2,1H3,(H,26,30)(H,27,29)/b25-14-/t20-/m1/s1. The highest BCUT2D eigenvalue weighted by molar-refractivity contribution is 9.10. The van der Waals surface area contributed by atoms with E-state index in [1.54, 1.807) is 37.3 Å². The SMILES string of the molecule is CCOC(=O)N[C@H](CC(=O)N/N=C\c1ccc(-c2ccc([N+](=O)[O-])cc2Br)o1)c1ccccc1. The number of nitrogens with one attached hydrogen (secondary N) is 2. The molecule has 1 heterocycles. The molecule has 1 atom stereocenters. The van der Waals surface area contributed by atoms with Crippen LogP contribution in [0.2, 0.25) is 0 Å². The first kappa shape index (κ1) is 24.6. The summed E-state index contributed by atoms with van der Waals surface area (Å²) in [6.45, 7) is 1.91. The minimum atomic E-state index is -0.617. The number of ether oxygens (including phenoxy) is 1. The molecule has 0 saturated heterocycles. The van der Waals surface area contributed by atoms with Crippen LogP contribution >= 0.6 is 15.9 Å². The topological polar surface area (TPSA) is 136 Å². The smallest absolute Gasteiger partial charge is 0.407 e. The third-order valence-electron chi connectivity index (χ3n) is 4.60. The number of alkyl carbamates (subject to hydrolysis) is 1. The molecule has 34 heavy (non-hydrogen) atoms. The molecule has 0 aliphatic carbocycles. The highest BCUT2D eigenvalue weighted by Crippen LogP contribution is 2.32. The second-order valence-electron chi connectivity index (χ2n) is 6.95. The van der Waals surface area contributed by atoms with Crippen LogP contribution in [-0.4, -0.2) is 29.7 Å². The summed E-state index contributed by atoms with van der Waals surface area (Å²) < 4.78 is 11.1. The molecule has 0 aliphatic rings. The van der Waals surface area contributed by atoms with Gasteiger partial charge < -0.3 is 14.5 Å². The minimum absolute atomic E-state index is 0.0436. The van der Waals surface area contributed by atoms with Crippen molar-refractivity contribution in [3.8, 4) is 11.3 Å². The van der Waals surface area contributed by atoms with Crippen molar-refractivity contribution in [1.29, 1.82) is 0 Å². The first-order valence-corrected chi connectivity index (χ1v) is 11.0. The van der Waals surface area contributed by atoms with Crippen molar-refractivity contribution in [2.75, 3.05) is 6.61 Å². The molecule has 0 radical (unpaired) electrons. The summed E-state index contributed by atoms with van der Waals surface area (Å²) in [5.41, 5.74) is 3.75. The molecule has 3 aromatic rings. The monoisotopic (exact) mass is 528 g/mol. The number of benzene rings is 2. The Kier molecular flexibility index (Phi) is 8.52. The van der Waals surface area contributed by atoms with Crippen LogP contribution in [0.1, 0.15) is 30.7 Å². The third kappa shape index (κ3) is 6.75. The maximum atomic E-state index is 12.4. The molecule has 176 valence electrons. The molecule has 3 rings (SSSR count). The van der Waals surface area contributed by atoms with E-state index >= 15 is 0 Å². The van der Waals surface area contributed by atoms with Crippen LogP contribution in [0.25, 0.3) is 11.3 Å². The van der Waals surface area contributed by atoms with Crippen molar-refractivity contribution < 1.29 is 23.7 Å². The highest BCUT2D eigenvalue weighted by Gasteiger charge is 2.19. The van der Waals surface area contributed by atoms with Gasteiger partial charge in [0.05, 0.1) is 30.2 Å². The van der Waals surface area contributed by atoms with E-state index in [-0.39, 0.29) is 18.7 Å². The van der Waals surface area contributed by atoms with Crippen molar-refractivity contribution >= 4 is 39.8 Å². The van der Waals surface area contributed by atoms with Crippen molar-refractivity contribution in [2.24, 2.45) is 5.10 Å². The quantitative estimate of drug-likeness (QED) is 0.229. The van der Waals surface area contributed by atoms with Crippen LogP contribution < -0.4 is 10.7 Å². The summed E-state index contributed by atoms with van der Waals surface area (Å²) >= 11 is 3.31. The van der Waals surface area contributed by atoms with Gasteiger partial charge in [0.1, 0.15) is 11.5 Å². The number of nitro groups is 1. The van der Waals surface area contributed by atoms with Crippen molar-refractivity contribution in [3.63, 3.8) is 0 Å². The number of non-ortho nitro benzene ring substituents is 1. The number of amides is 2. The Morgan fingerprint density at radius 3 is 2.65 bits per heavy atom. The van der Waals surface area contributed by atoms with E-state index in [1.807, 2.05) is 18.2 Å². The predicted octanol–water partition coefficient (Wildman–Crippen LogP) is 4.94. The van der Waals surface area contributed by atoms with E-state index in [4.69, 9.17) is 9.15 Å². The third-order valence-corrected chi connectivity index (χ3v) is 5.25. The molecule has 0 spiro atoms. The average Bonchev–Trinajstić information content (AvgIpc) is 3.27. The lowest BCUT2D eigenvalue weighted by Gasteiger charge is -2.17. The Labute approximate surface area is 203 Å². The van der Waals surface area contributed by atoms with Gasteiger partial charge in [-0.25, -0.2) is 10.2 Å². The number of hydrogen-bond donors (Lipinski definition) is 2. The van der Waals surface area contributed by atoms with Crippen LogP contribution in [0.15, 0.2) is 74.7 Å². The van der Waals surface area contributed by atoms with Crippen LogP contribution in [0, 0.1) is 10.1 Å². The molecule has 1 aromatic heterocycles. The molecular formula is C23H21BrN4O6. The number of nitro benzene ring substituents is 1. The number of nitrogens with zero attached hydrogens (tertiary/aromatic N) is 2. The Morgan fingerprint density at radius 2 is 1.97 bits per heavy atom. The summed E-state index contributed by atoms with van der Waals surface area (Å²) in [6.07, 6.45) is 0.657. The van der Waals surface area contributed by atoms with Gasteiger partial charge in [0.2, 0.25) is 5.91 Å². The van der Waals surface area contributed by atoms with Gasteiger partial charge >= 0.3 is 6.09 Å². The number of halogens is 1. The summed E-state index contributed by atoms with van der Waals surface area (Å²) in [5.74, 6) is 0.411. The van der Waals surface area contributed by atoms with Gasteiger partial charge in [-0.1, -0.05) is 30.3 Å². The lowest BCUT2D eigenvalue weighted by atomic mass is 10.0. The summed E-state index contributed by atoms with van der Waals surface area (Å²) in [4.78, 5) is 34.7. The number of rotatable bonds is 9. The van der Waals surface area contributed by atoms with Crippen molar-refractivity contribution in [2.45, 2.75) is 19.4 Å². The Morgan fingerprint density at radius 1 is 1.21 bits per heavy atom. The first-order chi connectivity index (χ1) is 16.4. The molecule has 2 amide bonds. The summed E-state index contributed by atoms with van der Waals surface area (Å²) in [6, 6.07) is 16.1. The zero-order valence-electron chi connectivity index (χ0n) is 18.1. The molecule has 2 N–H and O–H groups in total. The van der Waals surface area contributed by atoms with E-state index in [9.17, 15) is 19.7 Å². The fourth-order valence-electron chi connectivity index (χ4n) is 3.04. The van der Waals surface area contributed by atoms with Gasteiger partial charge in [-0.3, -0.25) is 14.9 Å². The minimum Gasteiger partial charge on any atom is -0.455 e. The molecule has 0 saturated carbocycles. The zero-order valence-corrected chi connectivity index (χ0v) is 19.7. The molecule has 11 heteroatoms. The Bertz CT molecular complexity index is 1200. The molecular weight excluding hydrogens is 508 g/mol. The van der Waals surface area contributed by atoms with E-state index in [2.05, 4.69) is 31.8 Å². The molecule has 2 aromatic carbocycles. The van der Waals surface area contributed by atoms with Crippen molar-refractivity contribution in [3.05, 3.63) is 86.6 Å². The van der Waals surface area contributed by atoms with Gasteiger partial charge in [0.15, 0.2) is 0 Å². The lowest BCUT2D eigenvalue weighted by molar-refractivity contribution is -0.384. The Hall–Kier alpha value is -3.99. The van der Waals surface area contributed by atoms with Crippen LogP contribution in [-0.2, 0) is 9.53 Å². The molecule has 0 bridgehead atoms. The normalized spacial score (nSPS) is 11.7. The lowest BCUT2D eigenvalue weighted by Crippen LogP contribution is -2.33. The number of carbonyl (C=O) groups is 2. The van der Waals surface area contributed by atoms with E-state index in [0.29, 0.717) is 21.6 Å². The summed E-state index contributed by atoms with van der Waals surface area (Å²) in [7, 11) is 0. The van der Waals surface area contributed by atoms with Crippen LogP contribution in [0.4, 0.5) is 10.5 Å². The highest BCUT2D eigenvalue weighted by atomic mass is 79.9. The number of carbonyl (C=O) groups excluding carboxylic acids is 2. The number of hydrogen-bond acceptors (Lipinski definition) is 7. The number of furan rings is 1. The number of hydrazone groups is 1. The zero-order chi connectivity index (χ0) is 24.5. The van der Waals surface area contributed by atoms with E-state index in [1.165, 1.54) is 18.3 Å². The predicted molar refractivity (Wildman–Crippen MR) is 128 cm³/mol. The molecule has 10 nitrogen and oxygen atoms in total. The van der Waals surface area contributed by atoms with Crippen LogP contribution in [0.3, 0.4) is 0 Å². The van der Waals surface area contributed by atoms with Gasteiger partial charge in [-0.15, -0.1) is 0 Å².